The number of rotatable bonds is 2. The molecule has 0 fully saturated rings. The van der Waals surface area contributed by atoms with E-state index >= 15 is 0 Å². The summed E-state index contributed by atoms with van der Waals surface area (Å²) in [6, 6.07) is 6.33. The van der Waals surface area contributed by atoms with Crippen LogP contribution in [0.2, 0.25) is 0 Å². The molecule has 0 aromatic heterocycles. The van der Waals surface area contributed by atoms with Crippen molar-refractivity contribution in [3.63, 3.8) is 0 Å². The zero-order chi connectivity index (χ0) is 10.1. The van der Waals surface area contributed by atoms with Gasteiger partial charge in [-0.05, 0) is 25.0 Å². The van der Waals surface area contributed by atoms with Crippen molar-refractivity contribution < 1.29 is 9.90 Å². The summed E-state index contributed by atoms with van der Waals surface area (Å²) in [7, 11) is 0. The summed E-state index contributed by atoms with van der Waals surface area (Å²) < 4.78 is 0. The highest BCUT2D eigenvalue weighted by atomic mass is 32.2. The lowest BCUT2D eigenvalue weighted by Crippen LogP contribution is -2.08. The zero-order valence-corrected chi connectivity index (χ0v) is 8.80. The van der Waals surface area contributed by atoms with Crippen LogP contribution >= 0.6 is 11.8 Å². The monoisotopic (exact) mass is 208 g/mol. The van der Waals surface area contributed by atoms with Crippen LogP contribution in [0.5, 0.6) is 0 Å². The van der Waals surface area contributed by atoms with E-state index in [1.165, 1.54) is 16.0 Å². The van der Waals surface area contributed by atoms with E-state index in [-0.39, 0.29) is 11.7 Å². The summed E-state index contributed by atoms with van der Waals surface area (Å²) in [5, 5.41) is 8.92. The number of benzene rings is 1. The molecule has 2 nitrogen and oxygen atoms in total. The number of aliphatic carboxylic acids is 1. The van der Waals surface area contributed by atoms with Crippen molar-refractivity contribution in [2.24, 2.45) is 0 Å². The van der Waals surface area contributed by atoms with E-state index in [1.54, 1.807) is 11.8 Å². The summed E-state index contributed by atoms with van der Waals surface area (Å²) in [5.41, 5.74) is 2.56. The fourth-order valence-electron chi connectivity index (χ4n) is 1.76. The van der Waals surface area contributed by atoms with Crippen molar-refractivity contribution in [2.45, 2.75) is 29.9 Å². The van der Waals surface area contributed by atoms with E-state index in [4.69, 9.17) is 5.11 Å². The first-order chi connectivity index (χ1) is 6.65. The Balaban J connectivity index is 2.14. The SMILES string of the molecule is Cc1ccc2c(c1)CC(CC(=O)O)S2. The largest absolute Gasteiger partial charge is 0.481 e. The number of aryl methyl sites for hydroxylation is 1. The van der Waals surface area contributed by atoms with Crippen LogP contribution in [0, 0.1) is 6.92 Å². The molecule has 3 heteroatoms. The van der Waals surface area contributed by atoms with Crippen molar-refractivity contribution in [2.75, 3.05) is 0 Å². The highest BCUT2D eigenvalue weighted by Gasteiger charge is 2.23. The lowest BCUT2D eigenvalue weighted by Gasteiger charge is -2.02. The van der Waals surface area contributed by atoms with Crippen molar-refractivity contribution in [3.05, 3.63) is 29.3 Å². The van der Waals surface area contributed by atoms with Gasteiger partial charge in [-0.15, -0.1) is 11.8 Å². The summed E-state index contributed by atoms with van der Waals surface area (Å²) in [6.07, 6.45) is 1.16. The molecule has 1 aliphatic rings. The summed E-state index contributed by atoms with van der Waals surface area (Å²) in [6.45, 7) is 2.06. The van der Waals surface area contributed by atoms with Gasteiger partial charge < -0.3 is 5.11 Å². The van der Waals surface area contributed by atoms with E-state index in [9.17, 15) is 4.79 Å². The van der Waals surface area contributed by atoms with Crippen LogP contribution in [0.25, 0.3) is 0 Å². The third kappa shape index (κ3) is 1.93. The van der Waals surface area contributed by atoms with Gasteiger partial charge in [-0.2, -0.15) is 0 Å². The van der Waals surface area contributed by atoms with Gasteiger partial charge in [0.25, 0.3) is 0 Å². The number of thioether (sulfide) groups is 1. The highest BCUT2D eigenvalue weighted by molar-refractivity contribution is 8.00. The Bertz CT molecular complexity index is 374. The second-order valence-corrected chi connectivity index (χ2v) is 5.00. The molecule has 0 bridgehead atoms. The number of carboxylic acids is 1. The number of hydrogen-bond acceptors (Lipinski definition) is 2. The van der Waals surface area contributed by atoms with Gasteiger partial charge in [-0.3, -0.25) is 4.79 Å². The molecule has 0 saturated heterocycles. The maximum Gasteiger partial charge on any atom is 0.304 e. The van der Waals surface area contributed by atoms with E-state index in [0.717, 1.165) is 6.42 Å². The molecule has 0 saturated carbocycles. The predicted octanol–water partition coefficient (Wildman–Crippen LogP) is 2.49. The first kappa shape index (κ1) is 9.59. The third-order valence-electron chi connectivity index (χ3n) is 2.36. The summed E-state index contributed by atoms with van der Waals surface area (Å²) in [4.78, 5) is 11.8. The zero-order valence-electron chi connectivity index (χ0n) is 7.99. The molecule has 1 aliphatic heterocycles. The van der Waals surface area contributed by atoms with Gasteiger partial charge in [0.1, 0.15) is 0 Å². The van der Waals surface area contributed by atoms with Crippen molar-refractivity contribution in [3.8, 4) is 0 Å². The maximum atomic E-state index is 10.6. The van der Waals surface area contributed by atoms with Gasteiger partial charge >= 0.3 is 5.97 Å². The predicted molar refractivity (Wildman–Crippen MR) is 56.8 cm³/mol. The van der Waals surface area contributed by atoms with Gasteiger partial charge in [0.15, 0.2) is 0 Å². The Labute approximate surface area is 87.3 Å². The maximum absolute atomic E-state index is 10.6. The Morgan fingerprint density at radius 2 is 2.43 bits per heavy atom. The van der Waals surface area contributed by atoms with Crippen LogP contribution in [0.4, 0.5) is 0 Å². The molecule has 14 heavy (non-hydrogen) atoms. The van der Waals surface area contributed by atoms with E-state index in [1.807, 2.05) is 0 Å². The molecule has 0 amide bonds. The smallest absolute Gasteiger partial charge is 0.304 e. The van der Waals surface area contributed by atoms with Crippen molar-refractivity contribution >= 4 is 17.7 Å². The Morgan fingerprint density at radius 1 is 1.64 bits per heavy atom. The number of fused-ring (bicyclic) bond motifs is 1. The Hall–Kier alpha value is -0.960. The number of hydrogen-bond donors (Lipinski definition) is 1. The van der Waals surface area contributed by atoms with Gasteiger partial charge in [-0.1, -0.05) is 17.7 Å². The minimum absolute atomic E-state index is 0.226. The third-order valence-corrected chi connectivity index (χ3v) is 3.68. The minimum atomic E-state index is -0.702. The second-order valence-electron chi connectivity index (χ2n) is 3.65. The van der Waals surface area contributed by atoms with Crippen LogP contribution in [0.3, 0.4) is 0 Å². The molecular formula is C11H12O2S. The number of carboxylic acid groups (broad SMARTS) is 1. The molecule has 1 unspecified atom stereocenters. The molecule has 1 aromatic carbocycles. The topological polar surface area (TPSA) is 37.3 Å². The first-order valence-electron chi connectivity index (χ1n) is 4.63. The van der Waals surface area contributed by atoms with Crippen molar-refractivity contribution in [1.82, 2.24) is 0 Å². The number of carbonyl (C=O) groups is 1. The lowest BCUT2D eigenvalue weighted by atomic mass is 10.1. The van der Waals surface area contributed by atoms with Crippen LogP contribution < -0.4 is 0 Å². The Morgan fingerprint density at radius 3 is 3.14 bits per heavy atom. The molecule has 0 aliphatic carbocycles. The highest BCUT2D eigenvalue weighted by Crippen LogP contribution is 2.38. The van der Waals surface area contributed by atoms with Gasteiger partial charge in [0.2, 0.25) is 0 Å². The molecule has 1 N–H and O–H groups in total. The average molecular weight is 208 g/mol. The lowest BCUT2D eigenvalue weighted by molar-refractivity contribution is -0.136. The van der Waals surface area contributed by atoms with Crippen molar-refractivity contribution in [1.29, 1.82) is 0 Å². The summed E-state index contributed by atoms with van der Waals surface area (Å²) >= 11 is 1.69. The molecule has 1 aromatic rings. The quantitative estimate of drug-likeness (QED) is 0.811. The second kappa shape index (κ2) is 3.65. The van der Waals surface area contributed by atoms with E-state index in [0.29, 0.717) is 0 Å². The normalized spacial score (nSPS) is 19.4. The summed E-state index contributed by atoms with van der Waals surface area (Å²) in [5.74, 6) is -0.702. The minimum Gasteiger partial charge on any atom is -0.481 e. The van der Waals surface area contributed by atoms with Gasteiger partial charge in [0.05, 0.1) is 6.42 Å². The molecule has 1 atom stereocenters. The first-order valence-corrected chi connectivity index (χ1v) is 5.51. The molecule has 74 valence electrons. The van der Waals surface area contributed by atoms with Gasteiger partial charge in [0, 0.05) is 10.1 Å². The fraction of sp³-hybridized carbons (Fsp3) is 0.364. The Kier molecular flexibility index (Phi) is 2.50. The molecule has 1 heterocycles. The van der Waals surface area contributed by atoms with Crippen LogP contribution in [-0.2, 0) is 11.2 Å². The molecule has 0 spiro atoms. The average Bonchev–Trinajstić information content (AvgIpc) is 2.44. The van der Waals surface area contributed by atoms with Gasteiger partial charge in [-0.25, -0.2) is 0 Å². The molecule has 0 radical (unpaired) electrons. The van der Waals surface area contributed by atoms with Crippen LogP contribution in [0.1, 0.15) is 17.5 Å². The van der Waals surface area contributed by atoms with Crippen LogP contribution in [0.15, 0.2) is 23.1 Å². The van der Waals surface area contributed by atoms with Crippen LogP contribution in [-0.4, -0.2) is 16.3 Å². The van der Waals surface area contributed by atoms with E-state index in [2.05, 4.69) is 25.1 Å². The van der Waals surface area contributed by atoms with E-state index < -0.39 is 5.97 Å². The molecule has 2 rings (SSSR count). The fourth-order valence-corrected chi connectivity index (χ4v) is 3.05. The standard InChI is InChI=1S/C11H12O2S/c1-7-2-3-10-8(4-7)5-9(14-10)6-11(12)13/h2-4,9H,5-6H2,1H3,(H,12,13). The molecular weight excluding hydrogens is 196 g/mol.